The van der Waals surface area contributed by atoms with Crippen molar-refractivity contribution in [3.05, 3.63) is 39.8 Å². The van der Waals surface area contributed by atoms with E-state index in [0.29, 0.717) is 23.5 Å². The van der Waals surface area contributed by atoms with Gasteiger partial charge in [0.05, 0.1) is 23.5 Å². The number of thiazole rings is 1. The van der Waals surface area contributed by atoms with Crippen molar-refractivity contribution in [2.75, 3.05) is 11.1 Å². The van der Waals surface area contributed by atoms with Gasteiger partial charge in [-0.15, -0.1) is 11.3 Å². The van der Waals surface area contributed by atoms with Crippen LogP contribution in [0.4, 0.5) is 11.4 Å². The third kappa shape index (κ3) is 3.03. The number of primary amides is 1. The molecule has 0 spiro atoms. The summed E-state index contributed by atoms with van der Waals surface area (Å²) in [7, 11) is 0. The topological polar surface area (TPSA) is 94.0 Å². The molecule has 6 heteroatoms. The van der Waals surface area contributed by atoms with E-state index in [1.54, 1.807) is 29.5 Å². The number of aryl methyl sites for hydroxylation is 1. The number of amides is 1. The number of hydrogen-bond donors (Lipinski definition) is 3. The summed E-state index contributed by atoms with van der Waals surface area (Å²) in [6.45, 7) is 2.62. The highest BCUT2D eigenvalue weighted by Gasteiger charge is 2.11. The average molecular weight is 276 g/mol. The molecule has 0 aliphatic rings. The summed E-state index contributed by atoms with van der Waals surface area (Å²) in [5.74, 6) is -0.497. The average Bonchev–Trinajstić information content (AvgIpc) is 2.85. The Kier molecular flexibility index (Phi) is 4.01. The molecule has 0 radical (unpaired) electrons. The molecule has 1 aromatic heterocycles. The number of benzene rings is 1. The second-order valence-corrected chi connectivity index (χ2v) is 5.26. The van der Waals surface area contributed by atoms with Crippen LogP contribution in [0.15, 0.2) is 24.4 Å². The van der Waals surface area contributed by atoms with Crippen LogP contribution in [-0.4, -0.2) is 10.9 Å². The monoisotopic (exact) mass is 276 g/mol. The lowest BCUT2D eigenvalue weighted by Crippen LogP contribution is -2.15. The number of anilines is 2. The molecule has 100 valence electrons. The van der Waals surface area contributed by atoms with Gasteiger partial charge in [-0.1, -0.05) is 13.0 Å². The minimum Gasteiger partial charge on any atom is -0.397 e. The maximum absolute atomic E-state index is 11.3. The number of hydrogen-bond acceptors (Lipinski definition) is 5. The molecular formula is C13H16N4OS. The molecular weight excluding hydrogens is 260 g/mol. The Balaban J connectivity index is 2.17. The molecule has 0 unspecified atom stereocenters. The summed E-state index contributed by atoms with van der Waals surface area (Å²) in [6, 6.07) is 5.09. The second kappa shape index (κ2) is 5.71. The van der Waals surface area contributed by atoms with Crippen molar-refractivity contribution < 1.29 is 4.79 Å². The van der Waals surface area contributed by atoms with Gasteiger partial charge >= 0.3 is 0 Å². The first-order valence-corrected chi connectivity index (χ1v) is 6.79. The van der Waals surface area contributed by atoms with E-state index in [2.05, 4.69) is 17.2 Å². The van der Waals surface area contributed by atoms with Gasteiger partial charge in [0.25, 0.3) is 5.91 Å². The number of carbonyl (C=O) groups is 1. The fourth-order valence-electron chi connectivity index (χ4n) is 1.73. The van der Waals surface area contributed by atoms with Crippen molar-refractivity contribution in [2.24, 2.45) is 5.73 Å². The standard InChI is InChI=1S/C13H16N4OS/c1-2-8-6-16-11(19-8)7-17-12-9(13(15)18)4-3-5-10(12)14/h3-6,17H,2,7,14H2,1H3,(H2,15,18). The van der Waals surface area contributed by atoms with Crippen LogP contribution in [0.2, 0.25) is 0 Å². The maximum atomic E-state index is 11.3. The smallest absolute Gasteiger partial charge is 0.250 e. The first kappa shape index (κ1) is 13.4. The van der Waals surface area contributed by atoms with Gasteiger partial charge < -0.3 is 16.8 Å². The van der Waals surface area contributed by atoms with Crippen LogP contribution in [0.25, 0.3) is 0 Å². The number of para-hydroxylation sites is 1. The van der Waals surface area contributed by atoms with Crippen LogP contribution >= 0.6 is 11.3 Å². The summed E-state index contributed by atoms with van der Waals surface area (Å²) in [4.78, 5) is 16.9. The maximum Gasteiger partial charge on any atom is 0.250 e. The van der Waals surface area contributed by atoms with E-state index in [9.17, 15) is 4.79 Å². The summed E-state index contributed by atoms with van der Waals surface area (Å²) >= 11 is 1.64. The van der Waals surface area contributed by atoms with E-state index < -0.39 is 5.91 Å². The van der Waals surface area contributed by atoms with Crippen LogP contribution in [0.1, 0.15) is 27.2 Å². The molecule has 0 atom stereocenters. The van der Waals surface area contributed by atoms with Crippen LogP contribution in [0.5, 0.6) is 0 Å². The molecule has 5 N–H and O–H groups in total. The lowest BCUT2D eigenvalue weighted by Gasteiger charge is -2.11. The summed E-state index contributed by atoms with van der Waals surface area (Å²) < 4.78 is 0. The number of nitrogens with zero attached hydrogens (tertiary/aromatic N) is 1. The van der Waals surface area contributed by atoms with E-state index in [4.69, 9.17) is 11.5 Å². The van der Waals surface area contributed by atoms with Gasteiger partial charge in [-0.25, -0.2) is 4.98 Å². The molecule has 1 aromatic carbocycles. The first-order chi connectivity index (χ1) is 9.11. The number of nitrogen functional groups attached to an aromatic ring is 1. The molecule has 0 bridgehead atoms. The lowest BCUT2D eigenvalue weighted by molar-refractivity contribution is 0.100. The van der Waals surface area contributed by atoms with E-state index >= 15 is 0 Å². The predicted octanol–water partition coefficient (Wildman–Crippen LogP) is 2.00. The van der Waals surface area contributed by atoms with E-state index in [1.807, 2.05) is 6.20 Å². The zero-order chi connectivity index (χ0) is 13.8. The molecule has 1 heterocycles. The van der Waals surface area contributed by atoms with Gasteiger partial charge in [-0.2, -0.15) is 0 Å². The second-order valence-electron chi connectivity index (χ2n) is 4.06. The van der Waals surface area contributed by atoms with E-state index in [-0.39, 0.29) is 0 Å². The highest BCUT2D eigenvalue weighted by Crippen LogP contribution is 2.24. The largest absolute Gasteiger partial charge is 0.397 e. The Morgan fingerprint density at radius 1 is 1.47 bits per heavy atom. The van der Waals surface area contributed by atoms with Crippen LogP contribution in [0.3, 0.4) is 0 Å². The Labute approximate surface area is 115 Å². The molecule has 2 aromatic rings. The van der Waals surface area contributed by atoms with Crippen molar-refractivity contribution in [3.8, 4) is 0 Å². The minimum absolute atomic E-state index is 0.396. The van der Waals surface area contributed by atoms with Gasteiger partial charge in [0.1, 0.15) is 5.01 Å². The Morgan fingerprint density at radius 3 is 2.89 bits per heavy atom. The van der Waals surface area contributed by atoms with Crippen LogP contribution in [-0.2, 0) is 13.0 Å². The number of carbonyl (C=O) groups excluding carboxylic acids is 1. The van der Waals surface area contributed by atoms with Crippen molar-refractivity contribution in [1.82, 2.24) is 4.98 Å². The summed E-state index contributed by atoms with van der Waals surface area (Å²) in [6.07, 6.45) is 2.84. The van der Waals surface area contributed by atoms with E-state index in [0.717, 1.165) is 11.4 Å². The number of nitrogens with two attached hydrogens (primary N) is 2. The third-order valence-electron chi connectivity index (χ3n) is 2.73. The van der Waals surface area contributed by atoms with Crippen molar-refractivity contribution in [2.45, 2.75) is 19.9 Å². The molecule has 0 fully saturated rings. The molecule has 1 amide bonds. The van der Waals surface area contributed by atoms with Crippen molar-refractivity contribution in [3.63, 3.8) is 0 Å². The molecule has 0 saturated heterocycles. The lowest BCUT2D eigenvalue weighted by atomic mass is 10.1. The fraction of sp³-hybridized carbons (Fsp3) is 0.231. The zero-order valence-electron chi connectivity index (χ0n) is 10.6. The van der Waals surface area contributed by atoms with Crippen LogP contribution in [0, 0.1) is 0 Å². The van der Waals surface area contributed by atoms with Gasteiger partial charge in [-0.05, 0) is 18.6 Å². The Hall–Kier alpha value is -2.08. The zero-order valence-corrected chi connectivity index (χ0v) is 11.5. The quantitative estimate of drug-likeness (QED) is 0.728. The Morgan fingerprint density at radius 2 is 2.26 bits per heavy atom. The molecule has 0 saturated carbocycles. The van der Waals surface area contributed by atoms with E-state index in [1.165, 1.54) is 4.88 Å². The highest BCUT2D eigenvalue weighted by molar-refractivity contribution is 7.11. The van der Waals surface area contributed by atoms with Gasteiger partial charge in [0.15, 0.2) is 0 Å². The van der Waals surface area contributed by atoms with Crippen LogP contribution < -0.4 is 16.8 Å². The number of nitrogens with one attached hydrogen (secondary N) is 1. The molecule has 2 rings (SSSR count). The first-order valence-electron chi connectivity index (χ1n) is 5.97. The third-order valence-corrected chi connectivity index (χ3v) is 3.87. The van der Waals surface area contributed by atoms with Gasteiger partial charge in [0, 0.05) is 11.1 Å². The fourth-order valence-corrected chi connectivity index (χ4v) is 2.53. The predicted molar refractivity (Wildman–Crippen MR) is 78.2 cm³/mol. The van der Waals surface area contributed by atoms with Gasteiger partial charge in [0.2, 0.25) is 0 Å². The number of aromatic nitrogens is 1. The summed E-state index contributed by atoms with van der Waals surface area (Å²) in [5, 5.41) is 4.09. The SMILES string of the molecule is CCc1cnc(CNc2c(N)cccc2C(N)=O)s1. The normalized spacial score (nSPS) is 10.4. The minimum atomic E-state index is -0.497. The molecule has 19 heavy (non-hydrogen) atoms. The Bertz CT molecular complexity index is 594. The highest BCUT2D eigenvalue weighted by atomic mass is 32.1. The van der Waals surface area contributed by atoms with Gasteiger partial charge in [-0.3, -0.25) is 4.79 Å². The molecule has 5 nitrogen and oxygen atoms in total. The van der Waals surface area contributed by atoms with Crippen molar-refractivity contribution >= 4 is 28.6 Å². The number of rotatable bonds is 5. The van der Waals surface area contributed by atoms with Crippen molar-refractivity contribution in [1.29, 1.82) is 0 Å². The molecule has 0 aliphatic carbocycles. The summed E-state index contributed by atoms with van der Waals surface area (Å²) in [5.41, 5.74) is 12.7. The molecule has 0 aliphatic heterocycles.